The van der Waals surface area contributed by atoms with Crippen molar-refractivity contribution in [2.45, 2.75) is 6.42 Å². The number of aromatic amines is 1. The molecule has 0 aromatic carbocycles. The molecule has 1 amide bonds. The predicted molar refractivity (Wildman–Crippen MR) is 65.6 cm³/mol. The average Bonchev–Trinajstić information content (AvgIpc) is 2.81. The van der Waals surface area contributed by atoms with Gasteiger partial charge < -0.3 is 15.4 Å². The highest BCUT2D eigenvalue weighted by molar-refractivity contribution is 7.80. The highest BCUT2D eigenvalue weighted by Crippen LogP contribution is 2.01. The Kier molecular flexibility index (Phi) is 5.50. The Labute approximate surface area is 104 Å². The Morgan fingerprint density at radius 3 is 2.94 bits per heavy atom. The van der Waals surface area contributed by atoms with Crippen molar-refractivity contribution in [1.82, 2.24) is 20.3 Å². The molecule has 0 spiro atoms. The summed E-state index contributed by atoms with van der Waals surface area (Å²) in [6.45, 7) is 1.36. The molecule has 1 aromatic heterocycles. The molecule has 1 heterocycles. The molecule has 1 rings (SSSR count). The van der Waals surface area contributed by atoms with Crippen LogP contribution in [0.15, 0.2) is 6.20 Å². The fourth-order valence-electron chi connectivity index (χ4n) is 1.23. The summed E-state index contributed by atoms with van der Waals surface area (Å²) < 4.78 is 4.94. The highest BCUT2D eigenvalue weighted by Gasteiger charge is 2.17. The van der Waals surface area contributed by atoms with Crippen molar-refractivity contribution in [2.24, 2.45) is 5.73 Å². The van der Waals surface area contributed by atoms with Crippen LogP contribution in [0.4, 0.5) is 0 Å². The number of methoxy groups -OCH3 is 1. The smallest absolute Gasteiger partial charge is 0.276 e. The molecule has 0 aliphatic rings. The summed E-state index contributed by atoms with van der Waals surface area (Å²) in [7, 11) is 1.58. The van der Waals surface area contributed by atoms with Crippen LogP contribution in [-0.2, 0) is 4.74 Å². The highest BCUT2D eigenvalue weighted by atomic mass is 32.1. The van der Waals surface area contributed by atoms with Gasteiger partial charge in [0.2, 0.25) is 0 Å². The van der Waals surface area contributed by atoms with E-state index in [4.69, 9.17) is 22.7 Å². The second kappa shape index (κ2) is 6.92. The molecule has 8 heteroatoms. The fraction of sp³-hybridized carbons (Fsp3) is 0.556. The summed E-state index contributed by atoms with van der Waals surface area (Å²) in [6, 6.07) is 0. The first-order valence-corrected chi connectivity index (χ1v) is 5.48. The molecule has 0 atom stereocenters. The van der Waals surface area contributed by atoms with Crippen molar-refractivity contribution in [3.05, 3.63) is 11.9 Å². The number of H-pyrrole nitrogens is 1. The Balaban J connectivity index is 2.61. The molecule has 0 bridgehead atoms. The lowest BCUT2D eigenvalue weighted by atomic mass is 10.3. The first-order chi connectivity index (χ1) is 8.15. The maximum Gasteiger partial charge on any atom is 0.276 e. The van der Waals surface area contributed by atoms with Gasteiger partial charge in [0, 0.05) is 26.6 Å². The molecule has 1 aromatic rings. The number of hydrogen-bond donors (Lipinski definition) is 2. The predicted octanol–water partition coefficient (Wildman–Crippen LogP) is -0.430. The van der Waals surface area contributed by atoms with E-state index in [-0.39, 0.29) is 11.6 Å². The summed E-state index contributed by atoms with van der Waals surface area (Å²) in [5.41, 5.74) is 5.68. The second-order valence-corrected chi connectivity index (χ2v) is 3.88. The molecule has 0 aliphatic carbocycles. The van der Waals surface area contributed by atoms with Gasteiger partial charge >= 0.3 is 0 Å². The Morgan fingerprint density at radius 1 is 1.65 bits per heavy atom. The SMILES string of the molecule is COCCN(CCC(N)=S)C(=O)c1cn[nH]n1. The molecule has 0 saturated heterocycles. The van der Waals surface area contributed by atoms with Gasteiger partial charge in [-0.05, 0) is 0 Å². The van der Waals surface area contributed by atoms with Gasteiger partial charge in [-0.15, -0.1) is 0 Å². The standard InChI is InChI=1S/C9H15N5O2S/c1-16-5-4-14(3-2-8(10)17)9(15)7-6-11-13-12-7/h6H,2-5H2,1H3,(H2,10,17)(H,11,12,13). The molecule has 0 aliphatic heterocycles. The van der Waals surface area contributed by atoms with Crippen LogP contribution in [0.3, 0.4) is 0 Å². The first kappa shape index (κ1) is 13.5. The molecule has 0 radical (unpaired) electrons. The van der Waals surface area contributed by atoms with Gasteiger partial charge in [-0.25, -0.2) is 0 Å². The van der Waals surface area contributed by atoms with Crippen molar-refractivity contribution in [1.29, 1.82) is 0 Å². The van der Waals surface area contributed by atoms with Gasteiger partial charge in [0.1, 0.15) is 0 Å². The number of nitrogens with one attached hydrogen (secondary N) is 1. The van der Waals surface area contributed by atoms with Gasteiger partial charge in [-0.1, -0.05) is 12.2 Å². The summed E-state index contributed by atoms with van der Waals surface area (Å²) in [5, 5.41) is 9.73. The van der Waals surface area contributed by atoms with Gasteiger partial charge in [-0.2, -0.15) is 15.4 Å². The molecule has 0 saturated carbocycles. The summed E-state index contributed by atoms with van der Waals surface area (Å²) in [4.78, 5) is 13.9. The van der Waals surface area contributed by atoms with Crippen molar-refractivity contribution in [2.75, 3.05) is 26.8 Å². The lowest BCUT2D eigenvalue weighted by molar-refractivity contribution is 0.0695. The molecule has 0 fully saturated rings. The van der Waals surface area contributed by atoms with Gasteiger partial charge in [0.25, 0.3) is 5.91 Å². The number of nitrogens with zero attached hydrogens (tertiary/aromatic N) is 3. The van der Waals surface area contributed by atoms with E-state index in [9.17, 15) is 4.79 Å². The third-order valence-corrected chi connectivity index (χ3v) is 2.32. The zero-order valence-electron chi connectivity index (χ0n) is 9.55. The Morgan fingerprint density at radius 2 is 2.41 bits per heavy atom. The van der Waals surface area contributed by atoms with E-state index in [2.05, 4.69) is 15.4 Å². The van der Waals surface area contributed by atoms with Crippen molar-refractivity contribution >= 4 is 23.1 Å². The number of carbonyl (C=O) groups excluding carboxylic acids is 1. The fourth-order valence-corrected chi connectivity index (χ4v) is 1.32. The minimum atomic E-state index is -0.216. The molecule has 0 unspecified atom stereocenters. The van der Waals surface area contributed by atoms with Crippen LogP contribution in [0.2, 0.25) is 0 Å². The number of thiocarbonyl (C=S) groups is 1. The number of aromatic nitrogens is 3. The van der Waals surface area contributed by atoms with Crippen LogP contribution in [0, 0.1) is 0 Å². The van der Waals surface area contributed by atoms with Crippen LogP contribution in [0.25, 0.3) is 0 Å². The van der Waals surface area contributed by atoms with Gasteiger partial charge in [0.15, 0.2) is 5.69 Å². The molecular formula is C9H15N5O2S. The van der Waals surface area contributed by atoms with E-state index >= 15 is 0 Å². The lowest BCUT2D eigenvalue weighted by Gasteiger charge is -2.20. The molecule has 94 valence electrons. The van der Waals surface area contributed by atoms with Crippen molar-refractivity contribution in [3.8, 4) is 0 Å². The third kappa shape index (κ3) is 4.45. The maximum atomic E-state index is 12.0. The molecule has 17 heavy (non-hydrogen) atoms. The third-order valence-electron chi connectivity index (χ3n) is 2.11. The average molecular weight is 257 g/mol. The monoisotopic (exact) mass is 257 g/mol. The van der Waals surface area contributed by atoms with Crippen LogP contribution in [0.5, 0.6) is 0 Å². The Bertz CT molecular complexity index is 367. The van der Waals surface area contributed by atoms with Crippen LogP contribution in [0.1, 0.15) is 16.9 Å². The van der Waals surface area contributed by atoms with Gasteiger partial charge in [-0.3, -0.25) is 4.79 Å². The molecule has 7 nitrogen and oxygen atoms in total. The molecular weight excluding hydrogens is 242 g/mol. The van der Waals surface area contributed by atoms with Crippen molar-refractivity contribution < 1.29 is 9.53 Å². The minimum absolute atomic E-state index is 0.216. The van der Waals surface area contributed by atoms with Crippen LogP contribution < -0.4 is 5.73 Å². The zero-order chi connectivity index (χ0) is 12.7. The zero-order valence-corrected chi connectivity index (χ0v) is 10.4. The van der Waals surface area contributed by atoms with E-state index in [1.807, 2.05) is 0 Å². The molecule has 3 N–H and O–H groups in total. The second-order valence-electron chi connectivity index (χ2n) is 3.36. The van der Waals surface area contributed by atoms with Crippen LogP contribution in [-0.4, -0.2) is 58.0 Å². The van der Waals surface area contributed by atoms with E-state index < -0.39 is 0 Å². The van der Waals surface area contributed by atoms with E-state index in [0.717, 1.165) is 0 Å². The number of rotatable bonds is 7. The first-order valence-electron chi connectivity index (χ1n) is 5.07. The number of ether oxygens (including phenoxy) is 1. The van der Waals surface area contributed by atoms with E-state index in [1.165, 1.54) is 6.20 Å². The summed E-state index contributed by atoms with van der Waals surface area (Å²) in [6.07, 6.45) is 1.85. The number of amides is 1. The van der Waals surface area contributed by atoms with E-state index in [0.29, 0.717) is 31.1 Å². The quantitative estimate of drug-likeness (QED) is 0.643. The van der Waals surface area contributed by atoms with Gasteiger partial charge in [0.05, 0.1) is 17.8 Å². The number of nitrogens with two attached hydrogens (primary N) is 1. The maximum absolute atomic E-state index is 12.0. The minimum Gasteiger partial charge on any atom is -0.393 e. The topological polar surface area (TPSA) is 97.1 Å². The number of hydrogen-bond acceptors (Lipinski definition) is 5. The normalized spacial score (nSPS) is 10.2. The summed E-state index contributed by atoms with van der Waals surface area (Å²) >= 11 is 4.79. The van der Waals surface area contributed by atoms with E-state index in [1.54, 1.807) is 12.0 Å². The summed E-state index contributed by atoms with van der Waals surface area (Å²) in [5.74, 6) is -0.216. The largest absolute Gasteiger partial charge is 0.393 e. The van der Waals surface area contributed by atoms with Crippen molar-refractivity contribution in [3.63, 3.8) is 0 Å². The number of carbonyl (C=O) groups is 1. The lowest BCUT2D eigenvalue weighted by Crippen LogP contribution is -2.36. The Hall–Kier alpha value is -1.54. The van der Waals surface area contributed by atoms with Crippen LogP contribution >= 0.6 is 12.2 Å².